The fourth-order valence-electron chi connectivity index (χ4n) is 0.559. The van der Waals surface area contributed by atoms with Gasteiger partial charge in [0, 0.05) is 5.92 Å². The minimum atomic E-state index is -0.689. The van der Waals surface area contributed by atoms with Crippen molar-refractivity contribution in [3.8, 4) is 0 Å². The molecule has 4 heteroatoms. The molecule has 12 heavy (non-hydrogen) atoms. The first-order valence-electron chi connectivity index (χ1n) is 3.76. The summed E-state index contributed by atoms with van der Waals surface area (Å²) in [5, 5.41) is 0. The maximum atomic E-state index is 11.1. The first-order chi connectivity index (χ1) is 5.50. The number of ketones is 1. The Labute approximate surface area is 77.1 Å². The molecule has 0 atom stereocenters. The molecule has 0 aromatic carbocycles. The van der Waals surface area contributed by atoms with E-state index in [0.29, 0.717) is 0 Å². The summed E-state index contributed by atoms with van der Waals surface area (Å²) in [6.45, 7) is 5.28. The van der Waals surface area contributed by atoms with E-state index in [2.05, 4.69) is 17.0 Å². The van der Waals surface area contributed by atoms with Crippen LogP contribution in [0, 0.1) is 5.92 Å². The quantitative estimate of drug-likeness (QED) is 0.377. The molecule has 0 amide bonds. The average Bonchev–Trinajstić information content (AvgIpc) is 2.02. The van der Waals surface area contributed by atoms with Crippen LogP contribution < -0.4 is 0 Å². The Hall–Kier alpha value is -0.770. The SMILES string of the molecule is CCOC(=O)C(=S)C(=O)C(C)C. The zero-order chi connectivity index (χ0) is 9.72. The normalized spacial score (nSPS) is 9.67. The van der Waals surface area contributed by atoms with Crippen molar-refractivity contribution in [1.82, 2.24) is 0 Å². The second kappa shape index (κ2) is 4.98. The third kappa shape index (κ3) is 3.09. The largest absolute Gasteiger partial charge is 0.462 e. The summed E-state index contributed by atoms with van der Waals surface area (Å²) < 4.78 is 4.57. The molecular weight excluding hydrogens is 176 g/mol. The van der Waals surface area contributed by atoms with Gasteiger partial charge in [-0.05, 0) is 6.92 Å². The number of esters is 1. The highest BCUT2D eigenvalue weighted by molar-refractivity contribution is 7.84. The lowest BCUT2D eigenvalue weighted by Crippen LogP contribution is -2.27. The minimum absolute atomic E-state index is 0.230. The Kier molecular flexibility index (Phi) is 4.66. The highest BCUT2D eigenvalue weighted by Gasteiger charge is 2.21. The van der Waals surface area contributed by atoms with Crippen molar-refractivity contribution < 1.29 is 14.3 Å². The van der Waals surface area contributed by atoms with Gasteiger partial charge in [-0.25, -0.2) is 4.79 Å². The van der Waals surface area contributed by atoms with Gasteiger partial charge in [0.25, 0.3) is 0 Å². The Morgan fingerprint density at radius 1 is 1.42 bits per heavy atom. The highest BCUT2D eigenvalue weighted by atomic mass is 32.1. The van der Waals surface area contributed by atoms with E-state index in [-0.39, 0.29) is 23.2 Å². The van der Waals surface area contributed by atoms with Gasteiger partial charge in [-0.15, -0.1) is 0 Å². The van der Waals surface area contributed by atoms with Crippen molar-refractivity contribution in [3.05, 3.63) is 0 Å². The van der Waals surface area contributed by atoms with Crippen LogP contribution in [0.25, 0.3) is 0 Å². The van der Waals surface area contributed by atoms with Gasteiger partial charge in [0.2, 0.25) is 0 Å². The fraction of sp³-hybridized carbons (Fsp3) is 0.625. The van der Waals surface area contributed by atoms with Gasteiger partial charge < -0.3 is 4.74 Å². The maximum Gasteiger partial charge on any atom is 0.352 e. The van der Waals surface area contributed by atoms with E-state index in [1.807, 2.05) is 0 Å². The summed E-state index contributed by atoms with van der Waals surface area (Å²) >= 11 is 4.62. The van der Waals surface area contributed by atoms with E-state index in [4.69, 9.17) is 0 Å². The van der Waals surface area contributed by atoms with Gasteiger partial charge >= 0.3 is 5.97 Å². The van der Waals surface area contributed by atoms with Gasteiger partial charge in [-0.2, -0.15) is 0 Å². The molecule has 0 aliphatic heterocycles. The predicted molar refractivity (Wildman–Crippen MR) is 49.1 cm³/mol. The molecule has 0 fully saturated rings. The number of hydrogen-bond acceptors (Lipinski definition) is 4. The van der Waals surface area contributed by atoms with Gasteiger partial charge in [-0.3, -0.25) is 4.79 Å². The van der Waals surface area contributed by atoms with Crippen LogP contribution in [0.15, 0.2) is 0 Å². The number of carbonyl (C=O) groups is 2. The van der Waals surface area contributed by atoms with Crippen LogP contribution in [0.1, 0.15) is 20.8 Å². The summed E-state index contributed by atoms with van der Waals surface area (Å²) in [5.41, 5.74) is 0. The summed E-state index contributed by atoms with van der Waals surface area (Å²) in [5.74, 6) is -1.27. The van der Waals surface area contributed by atoms with Crippen LogP contribution in [-0.4, -0.2) is 23.2 Å². The predicted octanol–water partition coefficient (Wildman–Crippen LogP) is 1.14. The standard InChI is InChI=1S/C8H12O3S/c1-4-11-8(10)7(12)6(9)5(2)3/h5H,4H2,1-3H3. The molecule has 0 aliphatic rings. The lowest BCUT2D eigenvalue weighted by atomic mass is 10.1. The Morgan fingerprint density at radius 2 is 1.92 bits per heavy atom. The molecule has 0 saturated heterocycles. The monoisotopic (exact) mass is 188 g/mol. The number of hydrogen-bond donors (Lipinski definition) is 0. The molecule has 0 saturated carbocycles. The molecule has 0 aromatic heterocycles. The van der Waals surface area contributed by atoms with Crippen LogP contribution in [0.5, 0.6) is 0 Å². The lowest BCUT2D eigenvalue weighted by molar-refractivity contribution is -0.135. The van der Waals surface area contributed by atoms with E-state index < -0.39 is 5.97 Å². The maximum absolute atomic E-state index is 11.1. The summed E-state index contributed by atoms with van der Waals surface area (Å²) in [6, 6.07) is 0. The van der Waals surface area contributed by atoms with E-state index in [1.54, 1.807) is 20.8 Å². The minimum Gasteiger partial charge on any atom is -0.462 e. The first kappa shape index (κ1) is 11.2. The summed E-state index contributed by atoms with van der Waals surface area (Å²) in [6.07, 6.45) is 0. The second-order valence-corrected chi connectivity index (χ2v) is 2.98. The van der Waals surface area contributed by atoms with Gasteiger partial charge in [0.15, 0.2) is 10.6 Å². The van der Waals surface area contributed by atoms with Gasteiger partial charge in [-0.1, -0.05) is 26.1 Å². The van der Waals surface area contributed by atoms with Crippen molar-refractivity contribution in [2.45, 2.75) is 20.8 Å². The van der Waals surface area contributed by atoms with Crippen LogP contribution >= 0.6 is 12.2 Å². The number of carbonyl (C=O) groups excluding carboxylic acids is 2. The van der Waals surface area contributed by atoms with Crippen LogP contribution in [0.3, 0.4) is 0 Å². The Bertz CT molecular complexity index is 208. The fourth-order valence-corrected chi connectivity index (χ4v) is 0.854. The van der Waals surface area contributed by atoms with E-state index in [1.165, 1.54) is 0 Å². The van der Waals surface area contributed by atoms with Crippen LogP contribution in [0.2, 0.25) is 0 Å². The molecule has 0 radical (unpaired) electrons. The van der Waals surface area contributed by atoms with Crippen molar-refractivity contribution in [2.75, 3.05) is 6.61 Å². The highest BCUT2D eigenvalue weighted by Crippen LogP contribution is 1.98. The van der Waals surface area contributed by atoms with Crippen LogP contribution in [-0.2, 0) is 14.3 Å². The molecule has 0 N–H and O–H groups in total. The number of thiocarbonyl (C=S) groups is 1. The molecule has 0 rings (SSSR count). The van der Waals surface area contributed by atoms with E-state index >= 15 is 0 Å². The van der Waals surface area contributed by atoms with E-state index in [0.717, 1.165) is 0 Å². The van der Waals surface area contributed by atoms with Gasteiger partial charge in [0.1, 0.15) is 0 Å². The Balaban J connectivity index is 4.20. The summed E-state index contributed by atoms with van der Waals surface area (Å²) in [7, 11) is 0. The Morgan fingerprint density at radius 3 is 2.25 bits per heavy atom. The van der Waals surface area contributed by atoms with Crippen molar-refractivity contribution in [2.24, 2.45) is 5.92 Å². The molecular formula is C8H12O3S. The molecule has 68 valence electrons. The molecule has 0 bridgehead atoms. The molecule has 0 heterocycles. The zero-order valence-electron chi connectivity index (χ0n) is 7.42. The van der Waals surface area contributed by atoms with E-state index in [9.17, 15) is 9.59 Å². The third-order valence-electron chi connectivity index (χ3n) is 1.21. The first-order valence-corrected chi connectivity index (χ1v) is 4.16. The number of Topliss-reactive ketones (excluding diaryl/α,β-unsaturated/α-hetero) is 1. The number of rotatable bonds is 4. The van der Waals surface area contributed by atoms with Gasteiger partial charge in [0.05, 0.1) is 6.61 Å². The molecule has 0 spiro atoms. The third-order valence-corrected chi connectivity index (χ3v) is 1.58. The molecule has 3 nitrogen and oxygen atoms in total. The second-order valence-electron chi connectivity index (χ2n) is 2.57. The average molecular weight is 188 g/mol. The van der Waals surface area contributed by atoms with Crippen molar-refractivity contribution >= 4 is 28.8 Å². The molecule has 0 aliphatic carbocycles. The zero-order valence-corrected chi connectivity index (χ0v) is 8.23. The smallest absolute Gasteiger partial charge is 0.352 e. The van der Waals surface area contributed by atoms with Crippen molar-refractivity contribution in [3.63, 3.8) is 0 Å². The topological polar surface area (TPSA) is 43.4 Å². The van der Waals surface area contributed by atoms with Crippen molar-refractivity contribution in [1.29, 1.82) is 0 Å². The lowest BCUT2D eigenvalue weighted by Gasteiger charge is -2.04. The molecule has 0 unspecified atom stereocenters. The number of ether oxygens (including phenoxy) is 1. The summed E-state index contributed by atoms with van der Waals surface area (Å²) in [4.78, 5) is 21.8. The van der Waals surface area contributed by atoms with Crippen LogP contribution in [0.4, 0.5) is 0 Å². The molecule has 0 aromatic rings.